The molecule has 0 aromatic carbocycles. The second-order valence-electron chi connectivity index (χ2n) is 6.34. The van der Waals surface area contributed by atoms with E-state index in [4.69, 9.17) is 20.9 Å². The lowest BCUT2D eigenvalue weighted by Crippen LogP contribution is -2.59. The Kier molecular flexibility index (Phi) is 13.4. The van der Waals surface area contributed by atoms with E-state index in [2.05, 4.69) is 0 Å². The summed E-state index contributed by atoms with van der Waals surface area (Å²) in [6.07, 6.45) is 3.11. The van der Waals surface area contributed by atoms with E-state index in [0.717, 1.165) is 40.9 Å². The number of nitrogens with two attached hydrogens (primary N) is 2. The van der Waals surface area contributed by atoms with Gasteiger partial charge in [-0.3, -0.25) is 19.2 Å². The highest BCUT2D eigenvalue weighted by Gasteiger charge is 2.51. The Hall–Kier alpha value is -1.10. The first-order valence-electron chi connectivity index (χ1n) is 9.32. The molecule has 4 N–H and O–H groups in total. The van der Waals surface area contributed by atoms with Crippen molar-refractivity contribution >= 4 is 45.1 Å². The average Bonchev–Trinajstić information content (AvgIpc) is 2.64. The number of carbonyl (C=O) groups excluding carboxylic acids is 4. The number of Topliss-reactive ketones (excluding diaryl/α,β-unsaturated/α-hetero) is 2. The number of ketones is 2. The predicted molar refractivity (Wildman–Crippen MR) is 112 cm³/mol. The van der Waals surface area contributed by atoms with Crippen LogP contribution in [-0.4, -0.2) is 59.3 Å². The van der Waals surface area contributed by atoms with Gasteiger partial charge < -0.3 is 20.9 Å². The van der Waals surface area contributed by atoms with Crippen LogP contribution in [0.25, 0.3) is 0 Å². The van der Waals surface area contributed by atoms with Crippen molar-refractivity contribution in [3.8, 4) is 0 Å². The van der Waals surface area contributed by atoms with Gasteiger partial charge in [0.25, 0.3) is 0 Å². The molecule has 10 heteroatoms. The lowest BCUT2D eigenvalue weighted by atomic mass is 9.91. The van der Waals surface area contributed by atoms with Gasteiger partial charge in [0, 0.05) is 5.75 Å². The maximum absolute atomic E-state index is 12.3. The summed E-state index contributed by atoms with van der Waals surface area (Å²) in [6, 6.07) is -2.37. The van der Waals surface area contributed by atoms with E-state index in [-0.39, 0.29) is 12.4 Å². The monoisotopic (exact) mass is 436 g/mol. The van der Waals surface area contributed by atoms with Crippen LogP contribution in [0, 0.1) is 0 Å². The molecule has 0 rings (SSSR count). The van der Waals surface area contributed by atoms with Crippen LogP contribution in [0.4, 0.5) is 0 Å². The summed E-state index contributed by atoms with van der Waals surface area (Å²) in [6.45, 7) is 6.77. The van der Waals surface area contributed by atoms with Gasteiger partial charge in [-0.1, -0.05) is 48.3 Å². The van der Waals surface area contributed by atoms with E-state index in [1.54, 1.807) is 0 Å². The quantitative estimate of drug-likeness (QED) is 0.168. The van der Waals surface area contributed by atoms with Gasteiger partial charge in [0.1, 0.15) is 12.1 Å². The van der Waals surface area contributed by atoms with Gasteiger partial charge in [0.2, 0.25) is 0 Å². The molecule has 8 nitrogen and oxygen atoms in total. The number of unbranched alkanes of at least 4 members (excludes halogenated alkanes) is 2. The van der Waals surface area contributed by atoms with Crippen molar-refractivity contribution in [2.24, 2.45) is 11.5 Å². The predicted octanol–water partition coefficient (Wildman–Crippen LogP) is 1.63. The zero-order valence-corrected chi connectivity index (χ0v) is 18.7. The van der Waals surface area contributed by atoms with Crippen LogP contribution in [0.5, 0.6) is 0 Å². The van der Waals surface area contributed by atoms with Gasteiger partial charge in [-0.05, 0) is 26.7 Å². The molecule has 0 saturated carbocycles. The van der Waals surface area contributed by atoms with Crippen LogP contribution >= 0.6 is 21.6 Å². The number of ether oxygens (including phenoxy) is 2. The van der Waals surface area contributed by atoms with Crippen molar-refractivity contribution in [2.45, 2.75) is 70.2 Å². The van der Waals surface area contributed by atoms with Gasteiger partial charge in [0.05, 0.1) is 13.2 Å². The molecule has 0 aliphatic heterocycles. The third-order valence-electron chi connectivity index (χ3n) is 3.96. The van der Waals surface area contributed by atoms with Crippen LogP contribution in [0.3, 0.4) is 0 Å². The number of esters is 2. The van der Waals surface area contributed by atoms with E-state index in [1.165, 1.54) is 13.8 Å². The zero-order valence-electron chi connectivity index (χ0n) is 17.0. The molecule has 0 spiro atoms. The number of hydrogen-bond donors (Lipinski definition) is 2. The van der Waals surface area contributed by atoms with Crippen molar-refractivity contribution in [1.82, 2.24) is 0 Å². The maximum Gasteiger partial charge on any atom is 0.325 e. The Morgan fingerprint density at radius 1 is 0.893 bits per heavy atom. The standard InChI is InChI=1S/C18H32N2O6S2/c1-5-7-9-25-16(23)14(19)11-27-28-18(12(3)21,13(4)22)15(20)17(24)26-10-8-6-2/h14-15H,5-11,19-20H2,1-4H3/t14-,15+/m0/s1. The van der Waals surface area contributed by atoms with E-state index < -0.39 is 40.3 Å². The summed E-state index contributed by atoms with van der Waals surface area (Å²) in [5, 5.41) is 0. The minimum absolute atomic E-state index is 0.0928. The molecule has 162 valence electrons. The maximum atomic E-state index is 12.3. The summed E-state index contributed by atoms with van der Waals surface area (Å²) in [7, 11) is 1.87. The van der Waals surface area contributed by atoms with Crippen molar-refractivity contribution in [3.05, 3.63) is 0 Å². The summed E-state index contributed by atoms with van der Waals surface area (Å²) in [5.41, 5.74) is 11.8. The molecule has 2 atom stereocenters. The van der Waals surface area contributed by atoms with E-state index in [1.807, 2.05) is 13.8 Å². The second kappa shape index (κ2) is 14.0. The Morgan fingerprint density at radius 3 is 1.79 bits per heavy atom. The minimum Gasteiger partial charge on any atom is -0.465 e. The fourth-order valence-corrected chi connectivity index (χ4v) is 5.31. The fraction of sp³-hybridized carbons (Fsp3) is 0.778. The molecule has 0 aromatic heterocycles. The Balaban J connectivity index is 5.03. The SMILES string of the molecule is CCCCOC(=O)[C@@H](N)C(SSC[C@H](N)C(=O)OCCCC)(C(C)=O)C(C)=O. The molecule has 0 aliphatic carbocycles. The molecule has 28 heavy (non-hydrogen) atoms. The van der Waals surface area contributed by atoms with Gasteiger partial charge in [-0.2, -0.15) is 0 Å². The molecule has 0 unspecified atom stereocenters. The average molecular weight is 437 g/mol. The van der Waals surface area contributed by atoms with Crippen molar-refractivity contribution in [3.63, 3.8) is 0 Å². The van der Waals surface area contributed by atoms with Gasteiger partial charge >= 0.3 is 11.9 Å². The Bertz CT molecular complexity index is 530. The molecule has 0 radical (unpaired) electrons. The molecule has 0 fully saturated rings. The first-order chi connectivity index (χ1) is 13.1. The number of rotatable bonds is 15. The molecule has 0 bridgehead atoms. The molecular formula is C18H32N2O6S2. The van der Waals surface area contributed by atoms with Gasteiger partial charge in [-0.25, -0.2) is 0 Å². The number of hydrogen-bond acceptors (Lipinski definition) is 10. The summed E-state index contributed by atoms with van der Waals surface area (Å²) < 4.78 is 8.32. The number of carbonyl (C=O) groups is 4. The molecule has 0 saturated heterocycles. The van der Waals surface area contributed by atoms with Crippen LogP contribution in [0.15, 0.2) is 0 Å². The second-order valence-corrected chi connectivity index (χ2v) is 8.93. The highest BCUT2D eigenvalue weighted by Crippen LogP contribution is 2.40. The van der Waals surface area contributed by atoms with Crippen LogP contribution in [-0.2, 0) is 28.7 Å². The molecule has 0 aliphatic rings. The van der Waals surface area contributed by atoms with Gasteiger partial charge in [0.15, 0.2) is 16.3 Å². The fourth-order valence-electron chi connectivity index (χ4n) is 2.12. The smallest absolute Gasteiger partial charge is 0.325 e. The van der Waals surface area contributed by atoms with Crippen molar-refractivity contribution < 1.29 is 28.7 Å². The van der Waals surface area contributed by atoms with Crippen LogP contribution in [0.1, 0.15) is 53.4 Å². The molecule has 0 heterocycles. The van der Waals surface area contributed by atoms with E-state index in [9.17, 15) is 19.2 Å². The largest absolute Gasteiger partial charge is 0.465 e. The summed E-state index contributed by atoms with van der Waals surface area (Å²) in [5.74, 6) is -2.39. The first kappa shape index (κ1) is 26.9. The minimum atomic E-state index is -1.81. The van der Waals surface area contributed by atoms with Crippen LogP contribution in [0.2, 0.25) is 0 Å². The summed E-state index contributed by atoms with van der Waals surface area (Å²) >= 11 is 0. The highest BCUT2D eigenvalue weighted by atomic mass is 33.1. The normalized spacial score (nSPS) is 13.5. The zero-order chi connectivity index (χ0) is 21.7. The molecular weight excluding hydrogens is 404 g/mol. The Labute approximate surface area is 174 Å². The third kappa shape index (κ3) is 8.10. The first-order valence-corrected chi connectivity index (χ1v) is 11.6. The van der Waals surface area contributed by atoms with Crippen molar-refractivity contribution in [2.75, 3.05) is 19.0 Å². The Morgan fingerprint density at radius 2 is 1.36 bits per heavy atom. The highest BCUT2D eigenvalue weighted by molar-refractivity contribution is 8.77. The van der Waals surface area contributed by atoms with E-state index >= 15 is 0 Å². The topological polar surface area (TPSA) is 139 Å². The van der Waals surface area contributed by atoms with Crippen LogP contribution < -0.4 is 11.5 Å². The van der Waals surface area contributed by atoms with Gasteiger partial charge in [-0.15, -0.1) is 0 Å². The third-order valence-corrected chi connectivity index (χ3v) is 7.22. The lowest BCUT2D eigenvalue weighted by Gasteiger charge is -2.31. The lowest BCUT2D eigenvalue weighted by molar-refractivity contribution is -0.149. The summed E-state index contributed by atoms with van der Waals surface area (Å²) in [4.78, 5) is 48.7. The molecule has 0 amide bonds. The molecule has 0 aromatic rings. The van der Waals surface area contributed by atoms with E-state index in [0.29, 0.717) is 13.0 Å². The van der Waals surface area contributed by atoms with Crippen molar-refractivity contribution in [1.29, 1.82) is 0 Å².